The van der Waals surface area contributed by atoms with Gasteiger partial charge in [-0.15, -0.1) is 0 Å². The van der Waals surface area contributed by atoms with E-state index in [4.69, 9.17) is 0 Å². The lowest BCUT2D eigenvalue weighted by molar-refractivity contribution is 0.0956. The van der Waals surface area contributed by atoms with Gasteiger partial charge >= 0.3 is 0 Å². The van der Waals surface area contributed by atoms with Crippen LogP contribution in [0, 0.1) is 6.92 Å². The molecule has 1 unspecified atom stereocenters. The number of nitrogens with one attached hydrogen (secondary N) is 1. The van der Waals surface area contributed by atoms with Crippen molar-refractivity contribution in [3.63, 3.8) is 0 Å². The fourth-order valence-corrected chi connectivity index (χ4v) is 3.84. The monoisotopic (exact) mass is 480 g/mol. The van der Waals surface area contributed by atoms with Gasteiger partial charge in [0, 0.05) is 42.8 Å². The van der Waals surface area contributed by atoms with Crippen molar-refractivity contribution in [1.82, 2.24) is 9.88 Å². The molecule has 0 fully saturated rings. The minimum absolute atomic E-state index is 0. The molecule has 2 aromatic carbocycles. The van der Waals surface area contributed by atoms with Crippen LogP contribution in [0.25, 0.3) is 0 Å². The molecular formula is C26H28N2O5S. The molecule has 1 N–H and O–H groups in total. The van der Waals surface area contributed by atoms with Crippen LogP contribution >= 0.6 is 0 Å². The number of pyridine rings is 1. The molecule has 1 heterocycles. The van der Waals surface area contributed by atoms with Crippen LogP contribution in [0.3, 0.4) is 0 Å². The Balaban J connectivity index is 0.00000408. The predicted octanol–water partition coefficient (Wildman–Crippen LogP) is 3.15. The van der Waals surface area contributed by atoms with E-state index in [2.05, 4.69) is 5.32 Å². The van der Waals surface area contributed by atoms with Gasteiger partial charge in [-0.3, -0.25) is 14.4 Å². The molecule has 3 aromatic rings. The van der Waals surface area contributed by atoms with Gasteiger partial charge in [0.2, 0.25) is 15.9 Å². The van der Waals surface area contributed by atoms with Gasteiger partial charge in [-0.2, -0.15) is 8.42 Å². The molecule has 0 saturated carbocycles. The number of aryl methyl sites for hydroxylation is 2. The van der Waals surface area contributed by atoms with Gasteiger partial charge in [-0.25, -0.2) is 0 Å². The third kappa shape index (κ3) is 6.62. The SMILES string of the molecule is C.Cc1ccccc1C(CC(=O)c1ccc(=O)n(C)c1)c1ccc(C(=O)NCC=S(=O)=O)cc1. The lowest BCUT2D eigenvalue weighted by atomic mass is 9.83. The van der Waals surface area contributed by atoms with E-state index in [-0.39, 0.29) is 37.7 Å². The quantitative estimate of drug-likeness (QED) is 0.394. The molecule has 0 aliphatic heterocycles. The molecule has 0 aliphatic carbocycles. The maximum Gasteiger partial charge on any atom is 0.251 e. The summed E-state index contributed by atoms with van der Waals surface area (Å²) in [5.41, 5.74) is 3.57. The maximum atomic E-state index is 13.1. The Morgan fingerprint density at radius 3 is 2.26 bits per heavy atom. The second kappa shape index (κ2) is 11.9. The van der Waals surface area contributed by atoms with E-state index in [1.165, 1.54) is 10.6 Å². The fraction of sp³-hybridized carbons (Fsp3) is 0.231. The first-order valence-corrected chi connectivity index (χ1v) is 11.4. The van der Waals surface area contributed by atoms with Crippen LogP contribution in [0.5, 0.6) is 0 Å². The molecule has 0 bridgehead atoms. The molecule has 0 saturated heterocycles. The van der Waals surface area contributed by atoms with E-state index in [1.54, 1.807) is 43.6 Å². The predicted molar refractivity (Wildman–Crippen MR) is 134 cm³/mol. The van der Waals surface area contributed by atoms with Crippen molar-refractivity contribution in [2.24, 2.45) is 7.05 Å². The topological polar surface area (TPSA) is 102 Å². The molecule has 8 heteroatoms. The zero-order chi connectivity index (χ0) is 24.0. The third-order valence-electron chi connectivity index (χ3n) is 5.42. The summed E-state index contributed by atoms with van der Waals surface area (Å²) < 4.78 is 22.5. The molecule has 178 valence electrons. The van der Waals surface area contributed by atoms with E-state index >= 15 is 0 Å². The van der Waals surface area contributed by atoms with E-state index < -0.39 is 16.2 Å². The summed E-state index contributed by atoms with van der Waals surface area (Å²) in [7, 11) is -0.732. The van der Waals surface area contributed by atoms with Crippen molar-refractivity contribution in [3.8, 4) is 0 Å². The fourth-order valence-electron chi connectivity index (χ4n) is 3.62. The Morgan fingerprint density at radius 2 is 1.65 bits per heavy atom. The molecule has 34 heavy (non-hydrogen) atoms. The van der Waals surface area contributed by atoms with Crippen molar-refractivity contribution in [1.29, 1.82) is 0 Å². The van der Waals surface area contributed by atoms with Crippen molar-refractivity contribution in [2.45, 2.75) is 26.7 Å². The lowest BCUT2D eigenvalue weighted by Gasteiger charge is -2.20. The Hall–Kier alpha value is -3.78. The van der Waals surface area contributed by atoms with E-state index in [1.807, 2.05) is 31.2 Å². The highest BCUT2D eigenvalue weighted by Gasteiger charge is 2.21. The first kappa shape index (κ1) is 26.5. The van der Waals surface area contributed by atoms with E-state index in [0.29, 0.717) is 11.1 Å². The number of ketones is 1. The normalized spacial score (nSPS) is 11.1. The lowest BCUT2D eigenvalue weighted by Crippen LogP contribution is -2.25. The number of benzene rings is 2. The van der Waals surface area contributed by atoms with Gasteiger partial charge in [0.05, 0.1) is 11.9 Å². The molecule has 7 nitrogen and oxygen atoms in total. The highest BCUT2D eigenvalue weighted by Crippen LogP contribution is 2.31. The Labute approximate surface area is 200 Å². The maximum absolute atomic E-state index is 13.1. The summed E-state index contributed by atoms with van der Waals surface area (Å²) in [6, 6.07) is 17.6. The summed E-state index contributed by atoms with van der Waals surface area (Å²) in [6.07, 6.45) is 1.73. The first-order valence-electron chi connectivity index (χ1n) is 10.3. The highest BCUT2D eigenvalue weighted by atomic mass is 32.2. The molecule has 0 radical (unpaired) electrons. The van der Waals surface area contributed by atoms with Crippen molar-refractivity contribution in [2.75, 3.05) is 6.54 Å². The van der Waals surface area contributed by atoms with Gasteiger partial charge < -0.3 is 9.88 Å². The Kier molecular flexibility index (Phi) is 9.27. The summed E-state index contributed by atoms with van der Waals surface area (Å²) in [5, 5.41) is 3.48. The number of Topliss-reactive ketones (excluding diaryl/α,β-unsaturated/α-hetero) is 1. The summed E-state index contributed by atoms with van der Waals surface area (Å²) in [4.78, 5) is 37.0. The zero-order valence-corrected chi connectivity index (χ0v) is 19.1. The number of amides is 1. The van der Waals surface area contributed by atoms with Crippen LogP contribution in [0.2, 0.25) is 0 Å². The summed E-state index contributed by atoms with van der Waals surface area (Å²) in [6.45, 7) is 1.90. The molecule has 0 aliphatic rings. The molecule has 1 amide bonds. The second-order valence-corrected chi connectivity index (χ2v) is 8.52. The summed E-state index contributed by atoms with van der Waals surface area (Å²) >= 11 is 0. The van der Waals surface area contributed by atoms with Gasteiger partial charge in [0.15, 0.2) is 5.78 Å². The average Bonchev–Trinajstić information content (AvgIpc) is 2.79. The van der Waals surface area contributed by atoms with Gasteiger partial charge in [0.1, 0.15) is 0 Å². The first-order chi connectivity index (χ1) is 15.8. The van der Waals surface area contributed by atoms with Crippen molar-refractivity contribution in [3.05, 3.63) is 105 Å². The number of hydrogen-bond acceptors (Lipinski definition) is 5. The highest BCUT2D eigenvalue weighted by molar-refractivity contribution is 7.71. The number of nitrogens with zero attached hydrogens (tertiary/aromatic N) is 1. The van der Waals surface area contributed by atoms with Crippen molar-refractivity contribution < 1.29 is 18.0 Å². The zero-order valence-electron chi connectivity index (χ0n) is 18.3. The number of hydrogen-bond donors (Lipinski definition) is 1. The Morgan fingerprint density at radius 1 is 1.00 bits per heavy atom. The van der Waals surface area contributed by atoms with Crippen LogP contribution in [-0.2, 0) is 17.3 Å². The number of aromatic nitrogens is 1. The van der Waals surface area contributed by atoms with Crippen LogP contribution in [0.1, 0.15) is 57.2 Å². The number of carbonyl (C=O) groups excluding carboxylic acids is 2. The van der Waals surface area contributed by atoms with Crippen LogP contribution < -0.4 is 10.9 Å². The standard InChI is InChI=1S/C25H24N2O5S.CH4/c1-17-5-3-4-6-21(17)22(15-23(28)20-11-12-24(29)27(2)16-20)18-7-9-19(10-8-18)25(30)26-13-14-33(31)32;/h3-12,14,16,22H,13,15H2,1-2H3,(H,26,30);1H4. The molecule has 1 aromatic heterocycles. The smallest absolute Gasteiger partial charge is 0.251 e. The van der Waals surface area contributed by atoms with E-state index in [0.717, 1.165) is 22.1 Å². The van der Waals surface area contributed by atoms with E-state index in [9.17, 15) is 22.8 Å². The largest absolute Gasteiger partial charge is 0.348 e. The molecule has 3 rings (SSSR count). The molecular weight excluding hydrogens is 452 g/mol. The summed E-state index contributed by atoms with van der Waals surface area (Å²) in [5.74, 6) is -0.733. The van der Waals surface area contributed by atoms with Crippen molar-refractivity contribution >= 4 is 27.4 Å². The van der Waals surface area contributed by atoms with Crippen LogP contribution in [0.15, 0.2) is 71.7 Å². The van der Waals surface area contributed by atoms with Gasteiger partial charge in [-0.05, 0) is 41.8 Å². The van der Waals surface area contributed by atoms with Gasteiger partial charge in [-0.1, -0.05) is 43.8 Å². The van der Waals surface area contributed by atoms with Gasteiger partial charge in [0.25, 0.3) is 5.91 Å². The Bertz CT molecular complexity index is 1360. The van der Waals surface area contributed by atoms with Crippen LogP contribution in [-0.4, -0.2) is 36.6 Å². The number of rotatable bonds is 8. The molecule has 1 atom stereocenters. The second-order valence-electron chi connectivity index (χ2n) is 7.66. The molecule has 0 spiro atoms. The number of carbonyl (C=O) groups is 2. The minimum atomic E-state index is -2.34. The minimum Gasteiger partial charge on any atom is -0.348 e. The average molecular weight is 481 g/mol. The van der Waals surface area contributed by atoms with Crippen LogP contribution in [0.4, 0.5) is 0 Å². The third-order valence-corrected chi connectivity index (χ3v) is 5.86.